The standard InChI is InChI=1S/C22H32N2O2/c25-21(23-20-11-7-2-1-3-8-12-20)17-24-15-13-19(14-16-24)22(26)18-9-5-4-6-10-18/h4-6,9-10,19-20H,1-3,7-8,11-17H2,(H,23,25). The third-order valence-electron chi connectivity index (χ3n) is 5.85. The number of carbonyl (C=O) groups is 2. The minimum Gasteiger partial charge on any atom is -0.352 e. The van der Waals surface area contributed by atoms with Crippen molar-refractivity contribution in [3.8, 4) is 0 Å². The smallest absolute Gasteiger partial charge is 0.234 e. The van der Waals surface area contributed by atoms with Crippen LogP contribution in [0.5, 0.6) is 0 Å². The van der Waals surface area contributed by atoms with Gasteiger partial charge in [-0.05, 0) is 38.8 Å². The van der Waals surface area contributed by atoms with Crippen molar-refractivity contribution in [1.82, 2.24) is 10.2 Å². The first kappa shape index (κ1) is 19.1. The molecular formula is C22H32N2O2. The fraction of sp³-hybridized carbons (Fsp3) is 0.636. The lowest BCUT2D eigenvalue weighted by Crippen LogP contribution is -2.45. The van der Waals surface area contributed by atoms with E-state index in [4.69, 9.17) is 0 Å². The SMILES string of the molecule is O=C(CN1CCC(C(=O)c2ccccc2)CC1)NC1CCCCCCC1. The fourth-order valence-electron chi connectivity index (χ4n) is 4.27. The molecule has 1 aromatic carbocycles. The Balaban J connectivity index is 1.40. The van der Waals surface area contributed by atoms with Crippen molar-refractivity contribution in [3.05, 3.63) is 35.9 Å². The zero-order valence-electron chi connectivity index (χ0n) is 15.8. The molecule has 0 aromatic heterocycles. The predicted molar refractivity (Wildman–Crippen MR) is 104 cm³/mol. The first-order valence-corrected chi connectivity index (χ1v) is 10.3. The molecule has 1 aliphatic carbocycles. The van der Waals surface area contributed by atoms with Crippen molar-refractivity contribution < 1.29 is 9.59 Å². The van der Waals surface area contributed by atoms with Crippen molar-refractivity contribution in [1.29, 1.82) is 0 Å². The summed E-state index contributed by atoms with van der Waals surface area (Å²) in [6.07, 6.45) is 10.4. The average molecular weight is 357 g/mol. The van der Waals surface area contributed by atoms with Crippen molar-refractivity contribution in [2.75, 3.05) is 19.6 Å². The Hall–Kier alpha value is -1.68. The summed E-state index contributed by atoms with van der Waals surface area (Å²) in [6.45, 7) is 2.14. The van der Waals surface area contributed by atoms with Crippen molar-refractivity contribution in [2.45, 2.75) is 63.8 Å². The zero-order chi connectivity index (χ0) is 18.2. The van der Waals surface area contributed by atoms with Gasteiger partial charge < -0.3 is 5.32 Å². The zero-order valence-corrected chi connectivity index (χ0v) is 15.8. The summed E-state index contributed by atoms with van der Waals surface area (Å²) >= 11 is 0. The molecular weight excluding hydrogens is 324 g/mol. The Bertz CT molecular complexity index is 571. The molecule has 1 saturated carbocycles. The molecule has 1 saturated heterocycles. The number of likely N-dealkylation sites (tertiary alicyclic amines) is 1. The van der Waals surface area contributed by atoms with Crippen LogP contribution in [0.4, 0.5) is 0 Å². The second kappa shape index (κ2) is 9.86. The monoisotopic (exact) mass is 356 g/mol. The number of nitrogens with zero attached hydrogens (tertiary/aromatic N) is 1. The first-order valence-electron chi connectivity index (χ1n) is 10.3. The molecule has 1 N–H and O–H groups in total. The number of Topliss-reactive ketones (excluding diaryl/α,β-unsaturated/α-hetero) is 1. The maximum absolute atomic E-state index is 12.6. The van der Waals surface area contributed by atoms with E-state index in [1.807, 2.05) is 30.3 Å². The van der Waals surface area contributed by atoms with Gasteiger partial charge in [-0.3, -0.25) is 14.5 Å². The largest absolute Gasteiger partial charge is 0.352 e. The van der Waals surface area contributed by atoms with Crippen LogP contribution in [-0.2, 0) is 4.79 Å². The number of ketones is 1. The molecule has 0 bridgehead atoms. The van der Waals surface area contributed by atoms with Crippen LogP contribution < -0.4 is 5.32 Å². The normalized spacial score (nSPS) is 20.9. The van der Waals surface area contributed by atoms with Crippen LogP contribution in [0.15, 0.2) is 30.3 Å². The van der Waals surface area contributed by atoms with Gasteiger partial charge in [0.15, 0.2) is 5.78 Å². The van der Waals surface area contributed by atoms with Gasteiger partial charge in [-0.1, -0.05) is 62.4 Å². The van der Waals surface area contributed by atoms with E-state index in [9.17, 15) is 9.59 Å². The van der Waals surface area contributed by atoms with Gasteiger partial charge in [0.2, 0.25) is 5.91 Å². The molecule has 1 amide bonds. The van der Waals surface area contributed by atoms with Crippen LogP contribution in [0.25, 0.3) is 0 Å². The lowest BCUT2D eigenvalue weighted by atomic mass is 9.89. The molecule has 3 rings (SSSR count). The third-order valence-corrected chi connectivity index (χ3v) is 5.85. The fourth-order valence-corrected chi connectivity index (χ4v) is 4.27. The van der Waals surface area contributed by atoms with Gasteiger partial charge in [0.25, 0.3) is 0 Å². The molecule has 0 atom stereocenters. The molecule has 0 spiro atoms. The van der Waals surface area contributed by atoms with Crippen LogP contribution in [0, 0.1) is 5.92 Å². The van der Waals surface area contributed by atoms with Crippen molar-refractivity contribution in [2.24, 2.45) is 5.92 Å². The lowest BCUT2D eigenvalue weighted by molar-refractivity contribution is -0.123. The molecule has 0 radical (unpaired) electrons. The number of piperidine rings is 1. The second-order valence-corrected chi connectivity index (χ2v) is 7.89. The molecule has 142 valence electrons. The highest BCUT2D eigenvalue weighted by atomic mass is 16.2. The number of benzene rings is 1. The summed E-state index contributed by atoms with van der Waals surface area (Å²) in [5.74, 6) is 0.509. The molecule has 4 heteroatoms. The predicted octanol–water partition coefficient (Wildman–Crippen LogP) is 3.81. The van der Waals surface area contributed by atoms with E-state index in [2.05, 4.69) is 10.2 Å². The van der Waals surface area contributed by atoms with Gasteiger partial charge in [0.05, 0.1) is 6.54 Å². The summed E-state index contributed by atoms with van der Waals surface area (Å²) in [7, 11) is 0. The van der Waals surface area contributed by atoms with E-state index in [-0.39, 0.29) is 17.6 Å². The van der Waals surface area contributed by atoms with Gasteiger partial charge in [-0.15, -0.1) is 0 Å². The number of amides is 1. The Kier molecular flexibility index (Phi) is 7.24. The summed E-state index contributed by atoms with van der Waals surface area (Å²) in [5, 5.41) is 3.25. The summed E-state index contributed by atoms with van der Waals surface area (Å²) in [6, 6.07) is 9.94. The Morgan fingerprint density at radius 3 is 2.15 bits per heavy atom. The maximum Gasteiger partial charge on any atom is 0.234 e. The summed E-state index contributed by atoms with van der Waals surface area (Å²) < 4.78 is 0. The molecule has 2 fully saturated rings. The molecule has 2 aliphatic rings. The van der Waals surface area contributed by atoms with Crippen LogP contribution in [0.3, 0.4) is 0 Å². The van der Waals surface area contributed by atoms with Crippen LogP contribution in [0.2, 0.25) is 0 Å². The Morgan fingerprint density at radius 1 is 0.885 bits per heavy atom. The molecule has 1 heterocycles. The minimum absolute atomic E-state index is 0.0994. The topological polar surface area (TPSA) is 49.4 Å². The van der Waals surface area contributed by atoms with E-state index in [1.54, 1.807) is 0 Å². The number of hydrogen-bond donors (Lipinski definition) is 1. The van der Waals surface area contributed by atoms with Crippen molar-refractivity contribution >= 4 is 11.7 Å². The van der Waals surface area contributed by atoms with Gasteiger partial charge in [-0.25, -0.2) is 0 Å². The molecule has 26 heavy (non-hydrogen) atoms. The van der Waals surface area contributed by atoms with Crippen molar-refractivity contribution in [3.63, 3.8) is 0 Å². The minimum atomic E-state index is 0.0994. The van der Waals surface area contributed by atoms with Gasteiger partial charge in [0.1, 0.15) is 0 Å². The summed E-state index contributed by atoms with van der Waals surface area (Å²) in [5.41, 5.74) is 0.813. The number of carbonyl (C=O) groups excluding carboxylic acids is 2. The molecule has 1 aromatic rings. The van der Waals surface area contributed by atoms with Crippen LogP contribution in [-0.4, -0.2) is 42.3 Å². The molecule has 0 unspecified atom stereocenters. The highest BCUT2D eigenvalue weighted by Gasteiger charge is 2.27. The van der Waals surface area contributed by atoms with E-state index < -0.39 is 0 Å². The average Bonchev–Trinajstić information content (AvgIpc) is 2.64. The highest BCUT2D eigenvalue weighted by Crippen LogP contribution is 2.22. The summed E-state index contributed by atoms with van der Waals surface area (Å²) in [4.78, 5) is 27.2. The quantitative estimate of drug-likeness (QED) is 0.816. The molecule has 4 nitrogen and oxygen atoms in total. The van der Waals surface area contributed by atoms with E-state index in [1.165, 1.54) is 32.1 Å². The second-order valence-electron chi connectivity index (χ2n) is 7.89. The molecule has 1 aliphatic heterocycles. The van der Waals surface area contributed by atoms with Gasteiger partial charge in [0, 0.05) is 17.5 Å². The van der Waals surface area contributed by atoms with Crippen LogP contribution >= 0.6 is 0 Å². The maximum atomic E-state index is 12.6. The Labute approximate surface area is 157 Å². The van der Waals surface area contributed by atoms with E-state index in [0.29, 0.717) is 12.6 Å². The highest BCUT2D eigenvalue weighted by molar-refractivity contribution is 5.97. The van der Waals surface area contributed by atoms with Gasteiger partial charge >= 0.3 is 0 Å². The van der Waals surface area contributed by atoms with E-state index >= 15 is 0 Å². The number of nitrogens with one attached hydrogen (secondary N) is 1. The number of rotatable bonds is 5. The Morgan fingerprint density at radius 2 is 1.50 bits per heavy atom. The third kappa shape index (κ3) is 5.66. The first-order chi connectivity index (χ1) is 12.7. The van der Waals surface area contributed by atoms with Crippen LogP contribution in [0.1, 0.15) is 68.1 Å². The van der Waals surface area contributed by atoms with E-state index in [0.717, 1.165) is 44.3 Å². The number of hydrogen-bond acceptors (Lipinski definition) is 3. The van der Waals surface area contributed by atoms with Gasteiger partial charge in [-0.2, -0.15) is 0 Å². The lowest BCUT2D eigenvalue weighted by Gasteiger charge is -2.31.